The Balaban J connectivity index is 1.39. The van der Waals surface area contributed by atoms with Gasteiger partial charge in [-0.15, -0.1) is 0 Å². The molecule has 1 aromatic carbocycles. The van der Waals surface area contributed by atoms with Crippen LogP contribution < -0.4 is 10.1 Å². The summed E-state index contributed by atoms with van der Waals surface area (Å²) in [4.78, 5) is 54.2. The predicted molar refractivity (Wildman–Crippen MR) is 118 cm³/mol. The lowest BCUT2D eigenvalue weighted by Crippen LogP contribution is -2.55. The van der Waals surface area contributed by atoms with E-state index in [1.165, 1.54) is 4.90 Å². The summed E-state index contributed by atoms with van der Waals surface area (Å²) in [7, 11) is 0. The largest absolute Gasteiger partial charge is 0.494 e. The maximum atomic E-state index is 12.5. The lowest BCUT2D eigenvalue weighted by Gasteiger charge is -2.35. The van der Waals surface area contributed by atoms with Crippen LogP contribution in [0.3, 0.4) is 0 Å². The van der Waals surface area contributed by atoms with Crippen molar-refractivity contribution in [1.82, 2.24) is 20.0 Å². The smallest absolute Gasteiger partial charge is 0.312 e. The van der Waals surface area contributed by atoms with E-state index in [4.69, 9.17) is 4.74 Å². The first-order chi connectivity index (χ1) is 15.5. The van der Waals surface area contributed by atoms with E-state index < -0.39 is 11.8 Å². The molecule has 0 bridgehead atoms. The summed E-state index contributed by atoms with van der Waals surface area (Å²) in [6.07, 6.45) is 3.89. The summed E-state index contributed by atoms with van der Waals surface area (Å²) in [6.45, 7) is 5.21. The van der Waals surface area contributed by atoms with Gasteiger partial charge in [0.2, 0.25) is 5.91 Å². The van der Waals surface area contributed by atoms with Gasteiger partial charge in [0.25, 0.3) is 5.91 Å². The van der Waals surface area contributed by atoms with Crippen molar-refractivity contribution in [3.05, 3.63) is 29.8 Å². The van der Waals surface area contributed by atoms with Crippen LogP contribution in [-0.2, 0) is 14.4 Å². The highest BCUT2D eigenvalue weighted by Gasteiger charge is 2.31. The van der Waals surface area contributed by atoms with Crippen LogP contribution in [-0.4, -0.2) is 90.7 Å². The van der Waals surface area contributed by atoms with Crippen LogP contribution in [0.2, 0.25) is 0 Å². The molecule has 1 N–H and O–H groups in total. The molecule has 4 amide bonds. The number of amides is 4. The number of rotatable bonds is 7. The number of nitrogens with one attached hydrogen (secondary N) is 1. The first-order valence-corrected chi connectivity index (χ1v) is 11.4. The van der Waals surface area contributed by atoms with E-state index in [1.54, 1.807) is 34.1 Å². The van der Waals surface area contributed by atoms with Crippen molar-refractivity contribution in [2.24, 2.45) is 0 Å². The molecule has 2 aliphatic heterocycles. The number of ether oxygens (including phenoxy) is 1. The van der Waals surface area contributed by atoms with Crippen LogP contribution >= 0.6 is 0 Å². The zero-order valence-corrected chi connectivity index (χ0v) is 18.7. The fourth-order valence-corrected chi connectivity index (χ4v) is 3.76. The summed E-state index contributed by atoms with van der Waals surface area (Å²) in [6, 6.07) is 6.82. The normalized spacial score (nSPS) is 16.1. The van der Waals surface area contributed by atoms with Crippen molar-refractivity contribution in [3.63, 3.8) is 0 Å². The molecule has 2 aliphatic rings. The minimum absolute atomic E-state index is 0.117. The Bertz CT molecular complexity index is 812. The standard InChI is InChI=1S/C23H32N4O5/c1-2-3-16-32-19-8-6-18(7-9-19)21(29)24-17-20(28)25-12-14-27(15-13-25)23(31)22(30)26-10-4-5-11-26/h6-9H,2-5,10-17H2,1H3,(H,24,29). The highest BCUT2D eigenvalue weighted by molar-refractivity contribution is 6.35. The van der Waals surface area contributed by atoms with Crippen molar-refractivity contribution in [1.29, 1.82) is 0 Å². The average Bonchev–Trinajstić information content (AvgIpc) is 3.37. The molecule has 0 saturated carbocycles. The SMILES string of the molecule is CCCCOc1ccc(C(=O)NCC(=O)N2CCN(C(=O)C(=O)N3CCCC3)CC2)cc1. The summed E-state index contributed by atoms with van der Waals surface area (Å²) >= 11 is 0. The molecule has 174 valence electrons. The number of carbonyl (C=O) groups excluding carboxylic acids is 4. The second-order valence-electron chi connectivity index (χ2n) is 8.08. The van der Waals surface area contributed by atoms with Gasteiger partial charge in [0.05, 0.1) is 13.2 Å². The minimum Gasteiger partial charge on any atom is -0.494 e. The van der Waals surface area contributed by atoms with Crippen molar-refractivity contribution >= 4 is 23.6 Å². The minimum atomic E-state index is -0.491. The second kappa shape index (κ2) is 11.5. The van der Waals surface area contributed by atoms with Gasteiger partial charge < -0.3 is 24.8 Å². The molecule has 3 rings (SSSR count). The molecule has 9 heteroatoms. The first kappa shape index (κ1) is 23.6. The Labute approximate surface area is 188 Å². The van der Waals surface area contributed by atoms with Crippen LogP contribution in [0.15, 0.2) is 24.3 Å². The third-order valence-corrected chi connectivity index (χ3v) is 5.78. The molecule has 0 aromatic heterocycles. The Morgan fingerprint density at radius 2 is 1.41 bits per heavy atom. The summed E-state index contributed by atoms with van der Waals surface area (Å²) in [5.74, 6) is -0.772. The highest BCUT2D eigenvalue weighted by Crippen LogP contribution is 2.13. The summed E-state index contributed by atoms with van der Waals surface area (Å²) in [5.41, 5.74) is 0.455. The van der Waals surface area contributed by atoms with Gasteiger partial charge in [0, 0.05) is 44.8 Å². The molecule has 1 aromatic rings. The van der Waals surface area contributed by atoms with E-state index in [0.29, 0.717) is 57.2 Å². The van der Waals surface area contributed by atoms with Crippen LogP contribution in [0.4, 0.5) is 0 Å². The predicted octanol–water partition coefficient (Wildman–Crippen LogP) is 0.889. The van der Waals surface area contributed by atoms with Crippen LogP contribution in [0.1, 0.15) is 43.0 Å². The number of piperazine rings is 1. The topological polar surface area (TPSA) is 99.3 Å². The van der Waals surface area contributed by atoms with Crippen molar-refractivity contribution in [2.75, 3.05) is 52.4 Å². The zero-order chi connectivity index (χ0) is 22.9. The zero-order valence-electron chi connectivity index (χ0n) is 18.7. The van der Waals surface area contributed by atoms with Crippen molar-refractivity contribution in [3.8, 4) is 5.75 Å². The molecule has 2 heterocycles. The maximum Gasteiger partial charge on any atom is 0.312 e. The van der Waals surface area contributed by atoms with Gasteiger partial charge >= 0.3 is 11.8 Å². The molecular weight excluding hydrogens is 412 g/mol. The molecule has 0 aliphatic carbocycles. The molecule has 9 nitrogen and oxygen atoms in total. The number of nitrogens with zero attached hydrogens (tertiary/aromatic N) is 3. The van der Waals surface area contributed by atoms with Gasteiger partial charge in [-0.1, -0.05) is 13.3 Å². The number of hydrogen-bond acceptors (Lipinski definition) is 5. The first-order valence-electron chi connectivity index (χ1n) is 11.4. The van der Waals surface area contributed by atoms with Crippen LogP contribution in [0.5, 0.6) is 5.75 Å². The van der Waals surface area contributed by atoms with Crippen LogP contribution in [0.25, 0.3) is 0 Å². The molecule has 0 unspecified atom stereocenters. The lowest BCUT2D eigenvalue weighted by molar-refractivity contribution is -0.153. The molecule has 0 spiro atoms. The fraction of sp³-hybridized carbons (Fsp3) is 0.565. The fourth-order valence-electron chi connectivity index (χ4n) is 3.76. The Morgan fingerprint density at radius 1 is 0.844 bits per heavy atom. The highest BCUT2D eigenvalue weighted by atomic mass is 16.5. The van der Waals surface area contributed by atoms with E-state index in [-0.39, 0.29) is 18.4 Å². The average molecular weight is 445 g/mol. The monoisotopic (exact) mass is 444 g/mol. The molecule has 0 atom stereocenters. The maximum absolute atomic E-state index is 12.5. The van der Waals surface area contributed by atoms with Gasteiger partial charge in [-0.25, -0.2) is 0 Å². The van der Waals surface area contributed by atoms with Crippen LogP contribution in [0, 0.1) is 0 Å². The third kappa shape index (κ3) is 6.21. The molecule has 32 heavy (non-hydrogen) atoms. The number of benzene rings is 1. The quantitative estimate of drug-likeness (QED) is 0.497. The third-order valence-electron chi connectivity index (χ3n) is 5.78. The van der Waals surface area contributed by atoms with E-state index in [2.05, 4.69) is 12.2 Å². The Hall–Kier alpha value is -3.10. The molecule has 0 radical (unpaired) electrons. The number of likely N-dealkylation sites (tertiary alicyclic amines) is 1. The lowest BCUT2D eigenvalue weighted by atomic mass is 10.2. The Kier molecular flexibility index (Phi) is 8.47. The number of unbranched alkanes of at least 4 members (excludes halogenated alkanes) is 1. The van der Waals surface area contributed by atoms with E-state index in [1.807, 2.05) is 0 Å². The van der Waals surface area contributed by atoms with Crippen molar-refractivity contribution in [2.45, 2.75) is 32.6 Å². The number of hydrogen-bond donors (Lipinski definition) is 1. The molecular formula is C23H32N4O5. The van der Waals surface area contributed by atoms with Crippen molar-refractivity contribution < 1.29 is 23.9 Å². The summed E-state index contributed by atoms with van der Waals surface area (Å²) in [5, 5.41) is 2.64. The van der Waals surface area contributed by atoms with Gasteiger partial charge in [-0.05, 0) is 43.5 Å². The van der Waals surface area contributed by atoms with Gasteiger partial charge in [-0.3, -0.25) is 19.2 Å². The van der Waals surface area contributed by atoms with E-state index in [0.717, 1.165) is 25.7 Å². The summed E-state index contributed by atoms with van der Waals surface area (Å²) < 4.78 is 5.58. The van der Waals surface area contributed by atoms with Gasteiger partial charge in [-0.2, -0.15) is 0 Å². The molecule has 2 fully saturated rings. The molecule has 2 saturated heterocycles. The number of carbonyl (C=O) groups is 4. The van der Waals surface area contributed by atoms with E-state index >= 15 is 0 Å². The van der Waals surface area contributed by atoms with Gasteiger partial charge in [0.1, 0.15) is 5.75 Å². The van der Waals surface area contributed by atoms with Gasteiger partial charge in [0.15, 0.2) is 0 Å². The second-order valence-corrected chi connectivity index (χ2v) is 8.08. The van der Waals surface area contributed by atoms with E-state index in [9.17, 15) is 19.2 Å². The Morgan fingerprint density at radius 3 is 2.00 bits per heavy atom.